The first-order valence-corrected chi connectivity index (χ1v) is 7.68. The van der Waals surface area contributed by atoms with Crippen LogP contribution in [0.4, 0.5) is 5.69 Å². The predicted octanol–water partition coefficient (Wildman–Crippen LogP) is 3.04. The highest BCUT2D eigenvalue weighted by molar-refractivity contribution is 5.82. The van der Waals surface area contributed by atoms with Crippen molar-refractivity contribution in [1.82, 2.24) is 10.3 Å². The van der Waals surface area contributed by atoms with Crippen molar-refractivity contribution in [2.75, 3.05) is 13.1 Å². The Labute approximate surface area is 122 Å². The summed E-state index contributed by atoms with van der Waals surface area (Å²) in [5.41, 5.74) is 3.71. The predicted molar refractivity (Wildman–Crippen MR) is 84.7 cm³/mol. The molecule has 4 nitrogen and oxygen atoms in total. The van der Waals surface area contributed by atoms with Crippen molar-refractivity contribution in [2.24, 2.45) is 16.8 Å². The molecule has 3 N–H and O–H groups in total. The van der Waals surface area contributed by atoms with E-state index in [0.717, 1.165) is 30.7 Å². The lowest BCUT2D eigenvalue weighted by Crippen LogP contribution is -2.45. The number of hydrogen-bond acceptors (Lipinski definition) is 2. The lowest BCUT2D eigenvalue weighted by atomic mass is 9.96. The van der Waals surface area contributed by atoms with Crippen LogP contribution < -0.4 is 11.3 Å². The Kier molecular flexibility index (Phi) is 5.87. The van der Waals surface area contributed by atoms with Gasteiger partial charge in [0.15, 0.2) is 0 Å². The van der Waals surface area contributed by atoms with Crippen molar-refractivity contribution >= 4 is 11.6 Å². The molecule has 0 aromatic heterocycles. The smallest absolute Gasteiger partial charge is 0.213 e. The van der Waals surface area contributed by atoms with Crippen LogP contribution >= 0.6 is 0 Å². The third-order valence-corrected chi connectivity index (χ3v) is 3.96. The Bertz CT molecular complexity index is 416. The number of nitrogens with zero attached hydrogens (tertiary/aromatic N) is 2. The van der Waals surface area contributed by atoms with Gasteiger partial charge < -0.3 is 4.90 Å². The highest BCUT2D eigenvalue weighted by atomic mass is 15.4. The number of benzene rings is 1. The zero-order chi connectivity index (χ0) is 14.2. The van der Waals surface area contributed by atoms with E-state index in [1.165, 1.54) is 32.1 Å². The van der Waals surface area contributed by atoms with E-state index < -0.39 is 0 Å². The van der Waals surface area contributed by atoms with Crippen LogP contribution in [0, 0.1) is 5.92 Å². The molecule has 0 amide bonds. The molecule has 1 unspecified atom stereocenters. The Hall–Kier alpha value is -1.55. The number of para-hydroxylation sites is 1. The molecule has 0 bridgehead atoms. The third kappa shape index (κ3) is 4.23. The molecule has 1 aliphatic rings. The van der Waals surface area contributed by atoms with Gasteiger partial charge in [-0.2, -0.15) is 0 Å². The molecule has 1 atom stereocenters. The minimum atomic E-state index is 0.786. The van der Waals surface area contributed by atoms with Crippen LogP contribution in [0.15, 0.2) is 35.3 Å². The van der Waals surface area contributed by atoms with Gasteiger partial charge in [0.2, 0.25) is 5.96 Å². The fourth-order valence-corrected chi connectivity index (χ4v) is 2.89. The standard InChI is InChI=1S/C16H26N4/c1-2-7-14-8-6-12-20(13-11-14)16(19-17)18-15-9-4-3-5-10-15/h3-5,9-10,14H,2,6-8,11-13,17H2,1H3,(H,18,19). The van der Waals surface area contributed by atoms with E-state index >= 15 is 0 Å². The van der Waals surface area contributed by atoms with Crippen molar-refractivity contribution in [3.05, 3.63) is 30.3 Å². The number of aliphatic imine (C=N–C) groups is 1. The monoisotopic (exact) mass is 274 g/mol. The third-order valence-electron chi connectivity index (χ3n) is 3.96. The second-order valence-corrected chi connectivity index (χ2v) is 5.49. The van der Waals surface area contributed by atoms with E-state index in [2.05, 4.69) is 22.2 Å². The summed E-state index contributed by atoms with van der Waals surface area (Å²) in [7, 11) is 0. The van der Waals surface area contributed by atoms with Gasteiger partial charge in [-0.3, -0.25) is 5.43 Å². The van der Waals surface area contributed by atoms with E-state index in [1.807, 2.05) is 30.3 Å². The maximum Gasteiger partial charge on any atom is 0.213 e. The molecule has 1 aromatic rings. The van der Waals surface area contributed by atoms with Crippen LogP contribution in [0.25, 0.3) is 0 Å². The van der Waals surface area contributed by atoms with E-state index in [1.54, 1.807) is 0 Å². The minimum absolute atomic E-state index is 0.786. The number of nitrogens with two attached hydrogens (primary N) is 1. The van der Waals surface area contributed by atoms with E-state index in [-0.39, 0.29) is 0 Å². The normalized spacial score (nSPS) is 20.6. The van der Waals surface area contributed by atoms with Gasteiger partial charge in [0.25, 0.3) is 0 Å². The molecule has 2 rings (SSSR count). The molecule has 1 aliphatic heterocycles. The molecule has 0 radical (unpaired) electrons. The number of likely N-dealkylation sites (tertiary alicyclic amines) is 1. The van der Waals surface area contributed by atoms with Gasteiger partial charge >= 0.3 is 0 Å². The van der Waals surface area contributed by atoms with Crippen LogP contribution in [-0.4, -0.2) is 23.9 Å². The van der Waals surface area contributed by atoms with Gasteiger partial charge in [-0.1, -0.05) is 38.0 Å². The maximum atomic E-state index is 5.67. The number of guanidine groups is 1. The second-order valence-electron chi connectivity index (χ2n) is 5.49. The Morgan fingerprint density at radius 1 is 1.30 bits per heavy atom. The van der Waals surface area contributed by atoms with Gasteiger partial charge in [-0.25, -0.2) is 10.8 Å². The Morgan fingerprint density at radius 3 is 2.80 bits per heavy atom. The summed E-state index contributed by atoms with van der Waals surface area (Å²) in [6, 6.07) is 9.97. The van der Waals surface area contributed by atoms with Gasteiger partial charge in [0.05, 0.1) is 5.69 Å². The summed E-state index contributed by atoms with van der Waals surface area (Å²) < 4.78 is 0. The average Bonchev–Trinajstić information content (AvgIpc) is 2.72. The van der Waals surface area contributed by atoms with Crippen LogP contribution in [0.3, 0.4) is 0 Å². The highest BCUT2D eigenvalue weighted by Crippen LogP contribution is 2.22. The Balaban J connectivity index is 2.02. The van der Waals surface area contributed by atoms with Crippen LogP contribution in [0.5, 0.6) is 0 Å². The molecular weight excluding hydrogens is 248 g/mol. The largest absolute Gasteiger partial charge is 0.342 e. The van der Waals surface area contributed by atoms with Gasteiger partial charge in [0, 0.05) is 13.1 Å². The molecule has 0 aliphatic carbocycles. The summed E-state index contributed by atoms with van der Waals surface area (Å²) in [4.78, 5) is 6.90. The summed E-state index contributed by atoms with van der Waals surface area (Å²) in [5.74, 6) is 7.32. The van der Waals surface area contributed by atoms with Crippen LogP contribution in [-0.2, 0) is 0 Å². The maximum absolute atomic E-state index is 5.67. The summed E-state index contributed by atoms with van der Waals surface area (Å²) >= 11 is 0. The van der Waals surface area contributed by atoms with Crippen molar-refractivity contribution < 1.29 is 0 Å². The zero-order valence-corrected chi connectivity index (χ0v) is 12.4. The first-order chi connectivity index (χ1) is 9.83. The molecule has 1 fully saturated rings. The van der Waals surface area contributed by atoms with Gasteiger partial charge in [0.1, 0.15) is 0 Å². The molecule has 1 saturated heterocycles. The van der Waals surface area contributed by atoms with Crippen molar-refractivity contribution in [1.29, 1.82) is 0 Å². The molecule has 20 heavy (non-hydrogen) atoms. The van der Waals surface area contributed by atoms with E-state index in [0.29, 0.717) is 0 Å². The first-order valence-electron chi connectivity index (χ1n) is 7.68. The highest BCUT2D eigenvalue weighted by Gasteiger charge is 2.18. The van der Waals surface area contributed by atoms with Crippen LogP contribution in [0.1, 0.15) is 39.0 Å². The van der Waals surface area contributed by atoms with E-state index in [9.17, 15) is 0 Å². The molecule has 0 saturated carbocycles. The molecule has 110 valence electrons. The fraction of sp³-hybridized carbons (Fsp3) is 0.562. The lowest BCUT2D eigenvalue weighted by Gasteiger charge is -2.23. The van der Waals surface area contributed by atoms with E-state index in [4.69, 9.17) is 5.84 Å². The number of hydrazine groups is 1. The van der Waals surface area contributed by atoms with Gasteiger partial charge in [-0.05, 0) is 37.3 Å². The Morgan fingerprint density at radius 2 is 2.10 bits per heavy atom. The van der Waals surface area contributed by atoms with Crippen LogP contribution in [0.2, 0.25) is 0 Å². The topological polar surface area (TPSA) is 53.6 Å². The quantitative estimate of drug-likeness (QED) is 0.385. The van der Waals surface area contributed by atoms with Crippen molar-refractivity contribution in [2.45, 2.75) is 39.0 Å². The minimum Gasteiger partial charge on any atom is -0.342 e. The fourth-order valence-electron chi connectivity index (χ4n) is 2.89. The summed E-state index contributed by atoms with van der Waals surface area (Å²) in [6.07, 6.45) is 6.41. The second kappa shape index (κ2) is 7.90. The number of rotatable bonds is 3. The van der Waals surface area contributed by atoms with Crippen molar-refractivity contribution in [3.8, 4) is 0 Å². The number of hydrogen-bond donors (Lipinski definition) is 2. The molecule has 1 aromatic carbocycles. The summed E-state index contributed by atoms with van der Waals surface area (Å²) in [5, 5.41) is 0. The molecule has 1 heterocycles. The molecule has 4 heteroatoms. The molecular formula is C16H26N4. The molecule has 0 spiro atoms. The van der Waals surface area contributed by atoms with Crippen molar-refractivity contribution in [3.63, 3.8) is 0 Å². The summed E-state index contributed by atoms with van der Waals surface area (Å²) in [6.45, 7) is 4.35. The average molecular weight is 274 g/mol. The first kappa shape index (κ1) is 14.9. The zero-order valence-electron chi connectivity index (χ0n) is 12.4. The van der Waals surface area contributed by atoms with Gasteiger partial charge in [-0.15, -0.1) is 0 Å². The number of nitrogens with one attached hydrogen (secondary N) is 1. The SMILES string of the molecule is CCCC1CCCN(C(=Nc2ccccc2)NN)CC1. The lowest BCUT2D eigenvalue weighted by molar-refractivity contribution is 0.394.